The van der Waals surface area contributed by atoms with Crippen molar-refractivity contribution in [1.29, 1.82) is 0 Å². The van der Waals surface area contributed by atoms with E-state index in [2.05, 4.69) is 10.6 Å². The monoisotopic (exact) mass is 324 g/mol. The molecule has 0 saturated heterocycles. The van der Waals surface area contributed by atoms with Gasteiger partial charge < -0.3 is 20.2 Å². The number of carboxylic acid groups (broad SMARTS) is 1. The predicted molar refractivity (Wildman–Crippen MR) is 83.8 cm³/mol. The van der Waals surface area contributed by atoms with Gasteiger partial charge in [-0.1, -0.05) is 27.7 Å². The molecule has 0 bridgehead atoms. The largest absolute Gasteiger partial charge is 0.480 e. The Morgan fingerprint density at radius 2 is 1.83 bits per heavy atom. The van der Waals surface area contributed by atoms with Gasteiger partial charge in [0, 0.05) is 0 Å². The van der Waals surface area contributed by atoms with Gasteiger partial charge in [0.1, 0.15) is 12.1 Å². The molecule has 1 rings (SSSR count). The zero-order valence-electron chi connectivity index (χ0n) is 13.8. The molecular formula is C16H24N2O5. The third kappa shape index (κ3) is 5.77. The van der Waals surface area contributed by atoms with Gasteiger partial charge in [-0.3, -0.25) is 9.59 Å². The summed E-state index contributed by atoms with van der Waals surface area (Å²) in [5.41, 5.74) is 0. The van der Waals surface area contributed by atoms with Crippen molar-refractivity contribution in [3.8, 4) is 0 Å². The van der Waals surface area contributed by atoms with Crippen LogP contribution in [0.5, 0.6) is 0 Å². The Kier molecular flexibility index (Phi) is 6.81. The molecule has 128 valence electrons. The lowest BCUT2D eigenvalue weighted by atomic mass is 10.0. The number of rotatable bonds is 8. The molecule has 2 amide bonds. The van der Waals surface area contributed by atoms with Crippen molar-refractivity contribution in [3.05, 3.63) is 24.2 Å². The molecular weight excluding hydrogens is 300 g/mol. The Balaban J connectivity index is 2.77. The molecule has 1 aromatic heterocycles. The lowest BCUT2D eigenvalue weighted by Crippen LogP contribution is -2.53. The summed E-state index contributed by atoms with van der Waals surface area (Å²) in [6.07, 6.45) is 1.68. The van der Waals surface area contributed by atoms with E-state index in [0.717, 1.165) is 0 Å². The fourth-order valence-electron chi connectivity index (χ4n) is 2.11. The highest BCUT2D eigenvalue weighted by Crippen LogP contribution is 2.09. The Hall–Kier alpha value is -2.31. The van der Waals surface area contributed by atoms with Crippen LogP contribution in [0.25, 0.3) is 0 Å². The highest BCUT2D eigenvalue weighted by molar-refractivity contribution is 5.96. The topological polar surface area (TPSA) is 109 Å². The van der Waals surface area contributed by atoms with Crippen molar-refractivity contribution in [3.63, 3.8) is 0 Å². The number of nitrogens with one attached hydrogen (secondary N) is 2. The van der Waals surface area contributed by atoms with Gasteiger partial charge in [-0.05, 0) is 30.4 Å². The molecule has 0 aliphatic carbocycles. The Morgan fingerprint density at radius 1 is 1.17 bits per heavy atom. The average molecular weight is 324 g/mol. The summed E-state index contributed by atoms with van der Waals surface area (Å²) in [5, 5.41) is 14.3. The molecule has 0 spiro atoms. The van der Waals surface area contributed by atoms with Crippen molar-refractivity contribution in [2.75, 3.05) is 0 Å². The van der Waals surface area contributed by atoms with Crippen LogP contribution in [0.1, 0.15) is 44.7 Å². The fraction of sp³-hybridized carbons (Fsp3) is 0.562. The maximum absolute atomic E-state index is 12.4. The van der Waals surface area contributed by atoms with E-state index in [0.29, 0.717) is 6.42 Å². The van der Waals surface area contributed by atoms with E-state index >= 15 is 0 Å². The summed E-state index contributed by atoms with van der Waals surface area (Å²) in [7, 11) is 0. The van der Waals surface area contributed by atoms with Crippen LogP contribution in [0.4, 0.5) is 0 Å². The minimum absolute atomic E-state index is 0.0976. The van der Waals surface area contributed by atoms with E-state index in [4.69, 9.17) is 4.42 Å². The van der Waals surface area contributed by atoms with Gasteiger partial charge in [0.2, 0.25) is 5.91 Å². The van der Waals surface area contributed by atoms with Crippen LogP contribution < -0.4 is 10.6 Å². The van der Waals surface area contributed by atoms with Crippen LogP contribution >= 0.6 is 0 Å². The molecule has 0 fully saturated rings. The van der Waals surface area contributed by atoms with E-state index in [1.165, 1.54) is 12.3 Å². The van der Waals surface area contributed by atoms with Crippen molar-refractivity contribution in [2.24, 2.45) is 11.8 Å². The van der Waals surface area contributed by atoms with Gasteiger partial charge >= 0.3 is 5.97 Å². The number of hydrogen-bond donors (Lipinski definition) is 3. The standard InChI is InChI=1S/C16H24N2O5/c1-9(2)8-11(16(21)22)17-15(20)13(10(3)4)18-14(19)12-6-5-7-23-12/h5-7,9-11,13H,8H2,1-4H3,(H,17,20)(H,18,19)(H,21,22)/t11-,13+/m0/s1. The van der Waals surface area contributed by atoms with Crippen LogP contribution in [0.3, 0.4) is 0 Å². The van der Waals surface area contributed by atoms with Crippen LogP contribution in [0.15, 0.2) is 22.8 Å². The van der Waals surface area contributed by atoms with E-state index in [1.807, 2.05) is 13.8 Å². The average Bonchev–Trinajstić information content (AvgIpc) is 2.96. The quantitative estimate of drug-likeness (QED) is 0.674. The number of carbonyl (C=O) groups excluding carboxylic acids is 2. The van der Waals surface area contributed by atoms with Gasteiger partial charge in [0.25, 0.3) is 5.91 Å². The molecule has 7 nitrogen and oxygen atoms in total. The number of carbonyl (C=O) groups is 3. The molecule has 0 unspecified atom stereocenters. The number of aliphatic carboxylic acids is 1. The summed E-state index contributed by atoms with van der Waals surface area (Å²) in [6.45, 7) is 7.29. The SMILES string of the molecule is CC(C)C[C@H](NC(=O)[C@H](NC(=O)c1ccco1)C(C)C)C(=O)O. The summed E-state index contributed by atoms with van der Waals surface area (Å²) in [5.74, 6) is -2.12. The van der Waals surface area contributed by atoms with Crippen LogP contribution in [0.2, 0.25) is 0 Å². The molecule has 7 heteroatoms. The lowest BCUT2D eigenvalue weighted by molar-refractivity contribution is -0.142. The maximum atomic E-state index is 12.4. The fourth-order valence-corrected chi connectivity index (χ4v) is 2.11. The Labute approximate surface area is 135 Å². The third-order valence-corrected chi connectivity index (χ3v) is 3.30. The highest BCUT2D eigenvalue weighted by atomic mass is 16.4. The zero-order chi connectivity index (χ0) is 17.6. The molecule has 0 aliphatic heterocycles. The van der Waals surface area contributed by atoms with Crippen LogP contribution in [-0.2, 0) is 9.59 Å². The molecule has 0 saturated carbocycles. The molecule has 1 heterocycles. The molecule has 0 aromatic carbocycles. The van der Waals surface area contributed by atoms with Gasteiger partial charge in [0.05, 0.1) is 6.26 Å². The minimum atomic E-state index is -1.09. The van der Waals surface area contributed by atoms with Crippen molar-refractivity contribution < 1.29 is 23.9 Å². The van der Waals surface area contributed by atoms with Crippen molar-refractivity contribution >= 4 is 17.8 Å². The zero-order valence-corrected chi connectivity index (χ0v) is 13.8. The minimum Gasteiger partial charge on any atom is -0.480 e. The van der Waals surface area contributed by atoms with Crippen LogP contribution in [-0.4, -0.2) is 35.0 Å². The van der Waals surface area contributed by atoms with E-state index in [1.54, 1.807) is 19.9 Å². The summed E-state index contributed by atoms with van der Waals surface area (Å²) in [4.78, 5) is 35.6. The molecule has 0 radical (unpaired) electrons. The van der Waals surface area contributed by atoms with Gasteiger partial charge in [0.15, 0.2) is 5.76 Å². The van der Waals surface area contributed by atoms with Gasteiger partial charge in [-0.15, -0.1) is 0 Å². The number of hydrogen-bond acceptors (Lipinski definition) is 4. The third-order valence-electron chi connectivity index (χ3n) is 3.30. The smallest absolute Gasteiger partial charge is 0.326 e. The predicted octanol–water partition coefficient (Wildman–Crippen LogP) is 1.65. The second-order valence-electron chi connectivity index (χ2n) is 6.20. The van der Waals surface area contributed by atoms with E-state index < -0.39 is 29.9 Å². The van der Waals surface area contributed by atoms with Gasteiger partial charge in [-0.2, -0.15) is 0 Å². The molecule has 1 aromatic rings. The first-order valence-corrected chi connectivity index (χ1v) is 7.60. The van der Waals surface area contributed by atoms with E-state index in [-0.39, 0.29) is 17.6 Å². The molecule has 23 heavy (non-hydrogen) atoms. The van der Waals surface area contributed by atoms with E-state index in [9.17, 15) is 19.5 Å². The second-order valence-corrected chi connectivity index (χ2v) is 6.20. The Morgan fingerprint density at radius 3 is 2.26 bits per heavy atom. The lowest BCUT2D eigenvalue weighted by Gasteiger charge is -2.24. The number of carboxylic acids is 1. The molecule has 3 N–H and O–H groups in total. The Bertz CT molecular complexity index is 537. The summed E-state index contributed by atoms with van der Waals surface area (Å²) >= 11 is 0. The molecule has 0 aliphatic rings. The van der Waals surface area contributed by atoms with Crippen molar-refractivity contribution in [2.45, 2.75) is 46.2 Å². The first-order chi connectivity index (χ1) is 10.7. The van der Waals surface area contributed by atoms with Crippen LogP contribution in [0, 0.1) is 11.8 Å². The van der Waals surface area contributed by atoms with Gasteiger partial charge in [-0.25, -0.2) is 4.79 Å². The van der Waals surface area contributed by atoms with Crippen molar-refractivity contribution in [1.82, 2.24) is 10.6 Å². The highest BCUT2D eigenvalue weighted by Gasteiger charge is 2.29. The normalized spacial score (nSPS) is 13.7. The first kappa shape index (κ1) is 18.7. The number of amides is 2. The summed E-state index contributed by atoms with van der Waals surface area (Å²) in [6, 6.07) is 1.23. The maximum Gasteiger partial charge on any atom is 0.326 e. The first-order valence-electron chi connectivity index (χ1n) is 7.60. The molecule has 2 atom stereocenters. The second kappa shape index (κ2) is 8.36. The summed E-state index contributed by atoms with van der Waals surface area (Å²) < 4.78 is 4.99. The number of furan rings is 1.